The molecule has 2 N–H and O–H groups in total. The van der Waals surface area contributed by atoms with Crippen molar-refractivity contribution < 1.29 is 43.5 Å². The monoisotopic (exact) mass is 432 g/mol. The summed E-state index contributed by atoms with van der Waals surface area (Å²) in [5, 5.41) is 18.2. The Morgan fingerprint density at radius 2 is 1.70 bits per heavy atom. The van der Waals surface area contributed by atoms with Gasteiger partial charge in [-0.25, -0.2) is 0 Å². The number of aliphatic hydroxyl groups is 1. The molecule has 0 saturated carbocycles. The van der Waals surface area contributed by atoms with Crippen LogP contribution in [0.2, 0.25) is 0 Å². The summed E-state index contributed by atoms with van der Waals surface area (Å²) in [6, 6.07) is 0. The summed E-state index contributed by atoms with van der Waals surface area (Å²) in [5.74, 6) is -4.21. The fourth-order valence-corrected chi connectivity index (χ4v) is 3.29. The molecule has 1 rings (SSSR count). The van der Waals surface area contributed by atoms with Crippen LogP contribution in [0.3, 0.4) is 0 Å². The molecule has 1 fully saturated rings. The van der Waals surface area contributed by atoms with E-state index >= 15 is 0 Å². The lowest BCUT2D eigenvalue weighted by molar-refractivity contribution is -0.210. The van der Waals surface area contributed by atoms with E-state index < -0.39 is 35.7 Å². The van der Waals surface area contributed by atoms with Crippen LogP contribution in [0.25, 0.3) is 0 Å². The van der Waals surface area contributed by atoms with Gasteiger partial charge in [0.2, 0.25) is 0 Å². The largest absolute Gasteiger partial charge is 0.481 e. The first kappa shape index (κ1) is 26.3. The molecule has 1 saturated heterocycles. The second-order valence-electron chi connectivity index (χ2n) is 7.78. The van der Waals surface area contributed by atoms with Crippen LogP contribution in [0.15, 0.2) is 0 Å². The zero-order valence-electron chi connectivity index (χ0n) is 18.2. The number of hydrogen-bond acceptors (Lipinski definition) is 8. The van der Waals surface area contributed by atoms with Crippen LogP contribution < -0.4 is 0 Å². The molecule has 1 aliphatic rings. The van der Waals surface area contributed by atoms with E-state index in [4.69, 9.17) is 24.1 Å². The van der Waals surface area contributed by atoms with Gasteiger partial charge in [0.05, 0.1) is 44.2 Å². The highest BCUT2D eigenvalue weighted by Crippen LogP contribution is 2.25. The molecule has 0 spiro atoms. The van der Waals surface area contributed by atoms with Gasteiger partial charge in [0.1, 0.15) is 6.61 Å². The summed E-state index contributed by atoms with van der Waals surface area (Å²) in [7, 11) is 0. The van der Waals surface area contributed by atoms with Gasteiger partial charge in [0.25, 0.3) is 0 Å². The molecule has 0 aliphatic carbocycles. The maximum absolute atomic E-state index is 12.4. The van der Waals surface area contributed by atoms with Crippen molar-refractivity contribution in [3.8, 4) is 0 Å². The number of esters is 2. The Bertz CT molecular complexity index is 529. The molecular formula is C21H36O9. The van der Waals surface area contributed by atoms with E-state index in [1.807, 2.05) is 6.92 Å². The number of ether oxygens (including phenoxy) is 4. The minimum absolute atomic E-state index is 0.0453. The van der Waals surface area contributed by atoms with Crippen LogP contribution >= 0.6 is 0 Å². The van der Waals surface area contributed by atoms with Gasteiger partial charge in [-0.05, 0) is 25.7 Å². The maximum atomic E-state index is 12.4. The van der Waals surface area contributed by atoms with E-state index in [9.17, 15) is 19.5 Å². The highest BCUT2D eigenvalue weighted by Gasteiger charge is 2.31. The number of carboxylic acid groups (broad SMARTS) is 1. The Hall–Kier alpha value is -1.71. The zero-order chi connectivity index (χ0) is 22.5. The Labute approximate surface area is 178 Å². The predicted molar refractivity (Wildman–Crippen MR) is 106 cm³/mol. The Kier molecular flexibility index (Phi) is 12.6. The lowest BCUT2D eigenvalue weighted by Crippen LogP contribution is -2.35. The zero-order valence-corrected chi connectivity index (χ0v) is 18.2. The van der Waals surface area contributed by atoms with E-state index in [0.29, 0.717) is 19.6 Å². The Balaban J connectivity index is 2.55. The third-order valence-electron chi connectivity index (χ3n) is 5.14. The number of aliphatic carboxylic acids is 1. The van der Waals surface area contributed by atoms with Crippen LogP contribution in [0.1, 0.15) is 52.9 Å². The molecule has 0 aromatic heterocycles. The SMILES string of the molecule is CCCC1OCC(COC(=O)C(C)CC(CC(CC)C(=O)O)C(=O)OCCO)CO1. The first-order chi connectivity index (χ1) is 14.3. The second-order valence-corrected chi connectivity index (χ2v) is 7.78. The third-order valence-corrected chi connectivity index (χ3v) is 5.14. The molecular weight excluding hydrogens is 396 g/mol. The standard InChI is InChI=1S/C21H36O9/c1-4-6-18-28-11-15(12-29-18)13-30-20(25)14(3)9-17(21(26)27-8-7-22)10-16(5-2)19(23)24/h14-18,22H,4-13H2,1-3H3,(H,23,24). The molecule has 1 aliphatic heterocycles. The molecule has 9 heteroatoms. The predicted octanol–water partition coefficient (Wildman–Crippen LogP) is 2.00. The highest BCUT2D eigenvalue weighted by molar-refractivity contribution is 5.77. The topological polar surface area (TPSA) is 129 Å². The lowest BCUT2D eigenvalue weighted by atomic mass is 9.86. The van der Waals surface area contributed by atoms with Gasteiger partial charge in [-0.2, -0.15) is 0 Å². The fraction of sp³-hybridized carbons (Fsp3) is 0.857. The van der Waals surface area contributed by atoms with E-state index in [0.717, 1.165) is 12.8 Å². The van der Waals surface area contributed by atoms with Crippen LogP contribution in [-0.2, 0) is 33.3 Å². The van der Waals surface area contributed by atoms with E-state index in [1.165, 1.54) is 0 Å². The quantitative estimate of drug-likeness (QED) is 0.396. The normalized spacial score (nSPS) is 22.0. The summed E-state index contributed by atoms with van der Waals surface area (Å²) in [5.41, 5.74) is 0. The fourth-order valence-electron chi connectivity index (χ4n) is 3.29. The van der Waals surface area contributed by atoms with Crippen molar-refractivity contribution in [2.24, 2.45) is 23.7 Å². The summed E-state index contributed by atoms with van der Waals surface area (Å²) >= 11 is 0. The van der Waals surface area contributed by atoms with Crippen molar-refractivity contribution in [3.05, 3.63) is 0 Å². The van der Waals surface area contributed by atoms with Gasteiger partial charge in [-0.3, -0.25) is 14.4 Å². The number of hydrogen-bond donors (Lipinski definition) is 2. The summed E-state index contributed by atoms with van der Waals surface area (Å²) in [6.07, 6.45) is 2.13. The molecule has 3 atom stereocenters. The number of aliphatic hydroxyl groups excluding tert-OH is 1. The van der Waals surface area contributed by atoms with Crippen molar-refractivity contribution >= 4 is 17.9 Å². The summed E-state index contributed by atoms with van der Waals surface area (Å²) in [4.78, 5) is 36.1. The molecule has 9 nitrogen and oxygen atoms in total. The van der Waals surface area contributed by atoms with Gasteiger partial charge in [-0.15, -0.1) is 0 Å². The van der Waals surface area contributed by atoms with E-state index in [-0.39, 0.29) is 44.9 Å². The first-order valence-corrected chi connectivity index (χ1v) is 10.7. The molecule has 0 bridgehead atoms. The van der Waals surface area contributed by atoms with Crippen LogP contribution in [0.4, 0.5) is 0 Å². The number of carboxylic acids is 1. The van der Waals surface area contributed by atoms with Crippen molar-refractivity contribution in [1.82, 2.24) is 0 Å². The Morgan fingerprint density at radius 1 is 1.03 bits per heavy atom. The molecule has 0 amide bonds. The molecule has 174 valence electrons. The van der Waals surface area contributed by atoms with Crippen molar-refractivity contribution in [2.75, 3.05) is 33.0 Å². The van der Waals surface area contributed by atoms with E-state index in [2.05, 4.69) is 0 Å². The molecule has 1 heterocycles. The number of rotatable bonds is 14. The summed E-state index contributed by atoms with van der Waals surface area (Å²) < 4.78 is 21.5. The highest BCUT2D eigenvalue weighted by atomic mass is 16.7. The maximum Gasteiger partial charge on any atom is 0.309 e. The molecule has 3 unspecified atom stereocenters. The van der Waals surface area contributed by atoms with Gasteiger partial charge in [0, 0.05) is 5.92 Å². The minimum Gasteiger partial charge on any atom is -0.481 e. The van der Waals surface area contributed by atoms with Gasteiger partial charge < -0.3 is 29.2 Å². The summed E-state index contributed by atoms with van der Waals surface area (Å²) in [6.45, 7) is 6.00. The Morgan fingerprint density at radius 3 is 2.23 bits per heavy atom. The smallest absolute Gasteiger partial charge is 0.309 e. The third kappa shape index (κ3) is 9.40. The average Bonchev–Trinajstić information content (AvgIpc) is 2.73. The van der Waals surface area contributed by atoms with E-state index in [1.54, 1.807) is 13.8 Å². The number of carbonyl (C=O) groups is 3. The van der Waals surface area contributed by atoms with Crippen LogP contribution in [-0.4, -0.2) is 67.4 Å². The lowest BCUT2D eigenvalue weighted by Gasteiger charge is -2.29. The number of carbonyl (C=O) groups excluding carboxylic acids is 2. The van der Waals surface area contributed by atoms with Crippen molar-refractivity contribution in [3.63, 3.8) is 0 Å². The van der Waals surface area contributed by atoms with Gasteiger partial charge in [0.15, 0.2) is 6.29 Å². The van der Waals surface area contributed by atoms with Crippen LogP contribution in [0, 0.1) is 23.7 Å². The minimum atomic E-state index is -0.994. The average molecular weight is 433 g/mol. The second kappa shape index (κ2) is 14.3. The first-order valence-electron chi connectivity index (χ1n) is 10.7. The van der Waals surface area contributed by atoms with Gasteiger partial charge >= 0.3 is 17.9 Å². The van der Waals surface area contributed by atoms with Crippen molar-refractivity contribution in [2.45, 2.75) is 59.2 Å². The van der Waals surface area contributed by atoms with Crippen LogP contribution in [0.5, 0.6) is 0 Å². The molecule has 0 radical (unpaired) electrons. The molecule has 0 aromatic carbocycles. The molecule has 30 heavy (non-hydrogen) atoms. The molecule has 0 aromatic rings. The van der Waals surface area contributed by atoms with Gasteiger partial charge in [-0.1, -0.05) is 27.2 Å². The van der Waals surface area contributed by atoms with Crippen molar-refractivity contribution in [1.29, 1.82) is 0 Å².